The lowest BCUT2D eigenvalue weighted by Gasteiger charge is -2.05. The van der Waals surface area contributed by atoms with Crippen molar-refractivity contribution < 1.29 is 4.79 Å². The molecule has 2 aromatic heterocycles. The van der Waals surface area contributed by atoms with Crippen molar-refractivity contribution in [3.05, 3.63) is 70.3 Å². The molecule has 0 bridgehead atoms. The monoisotopic (exact) mass is 411 g/mol. The van der Waals surface area contributed by atoms with E-state index < -0.39 is 0 Å². The number of amides is 1. The Morgan fingerprint density at radius 3 is 2.96 bits per heavy atom. The fourth-order valence-corrected chi connectivity index (χ4v) is 3.91. The first kappa shape index (κ1) is 16.1. The second-order valence-corrected chi connectivity index (χ2v) is 7.40. The summed E-state index contributed by atoms with van der Waals surface area (Å²) >= 11 is 5.02. The van der Waals surface area contributed by atoms with Gasteiger partial charge in [0.25, 0.3) is 0 Å². The standard InChI is InChI=1S/C19H14BrN3OS/c20-13-4-1-3-12(9-13)19-22-14(11-25-19)10-18(24)23-17-6-2-5-16-15(17)7-8-21-16/h1-9,11,21H,10H2,(H,23,24). The first-order valence-corrected chi connectivity index (χ1v) is 9.42. The van der Waals surface area contributed by atoms with Gasteiger partial charge in [0.1, 0.15) is 5.01 Å². The number of rotatable bonds is 4. The zero-order chi connectivity index (χ0) is 17.2. The van der Waals surface area contributed by atoms with E-state index in [0.717, 1.165) is 37.3 Å². The Balaban J connectivity index is 1.49. The van der Waals surface area contributed by atoms with Crippen molar-refractivity contribution >= 4 is 49.8 Å². The van der Waals surface area contributed by atoms with Crippen LogP contribution in [-0.4, -0.2) is 15.9 Å². The van der Waals surface area contributed by atoms with Crippen LogP contribution >= 0.6 is 27.3 Å². The van der Waals surface area contributed by atoms with Gasteiger partial charge in [0.15, 0.2) is 0 Å². The third-order valence-corrected chi connectivity index (χ3v) is 5.27. The Kier molecular flexibility index (Phi) is 4.38. The van der Waals surface area contributed by atoms with Crippen LogP contribution in [-0.2, 0) is 11.2 Å². The van der Waals surface area contributed by atoms with Gasteiger partial charge >= 0.3 is 0 Å². The Morgan fingerprint density at radius 1 is 1.20 bits per heavy atom. The summed E-state index contributed by atoms with van der Waals surface area (Å²) in [7, 11) is 0. The molecule has 2 heterocycles. The van der Waals surface area contributed by atoms with Crippen molar-refractivity contribution in [2.45, 2.75) is 6.42 Å². The molecule has 0 aliphatic carbocycles. The van der Waals surface area contributed by atoms with Gasteiger partial charge in [-0.05, 0) is 30.3 Å². The van der Waals surface area contributed by atoms with Crippen LogP contribution in [0.1, 0.15) is 5.69 Å². The lowest BCUT2D eigenvalue weighted by atomic mass is 10.2. The van der Waals surface area contributed by atoms with Crippen LogP contribution in [0.15, 0.2) is 64.6 Å². The number of halogens is 1. The van der Waals surface area contributed by atoms with Gasteiger partial charge in [-0.15, -0.1) is 11.3 Å². The summed E-state index contributed by atoms with van der Waals surface area (Å²) < 4.78 is 1.01. The van der Waals surface area contributed by atoms with E-state index in [1.807, 2.05) is 60.1 Å². The van der Waals surface area contributed by atoms with Crippen LogP contribution in [0.3, 0.4) is 0 Å². The number of fused-ring (bicyclic) bond motifs is 1. The topological polar surface area (TPSA) is 57.8 Å². The summed E-state index contributed by atoms with van der Waals surface area (Å²) in [5.41, 5.74) is 3.64. The van der Waals surface area contributed by atoms with E-state index >= 15 is 0 Å². The zero-order valence-electron chi connectivity index (χ0n) is 13.1. The van der Waals surface area contributed by atoms with Crippen molar-refractivity contribution in [3.8, 4) is 10.6 Å². The second kappa shape index (κ2) is 6.82. The van der Waals surface area contributed by atoms with Gasteiger partial charge < -0.3 is 10.3 Å². The molecule has 0 atom stereocenters. The van der Waals surface area contributed by atoms with Gasteiger partial charge in [-0.2, -0.15) is 0 Å². The Labute approximate surface area is 157 Å². The van der Waals surface area contributed by atoms with E-state index in [4.69, 9.17) is 0 Å². The van der Waals surface area contributed by atoms with E-state index in [1.165, 1.54) is 0 Å². The fraction of sp³-hybridized carbons (Fsp3) is 0.0526. The molecule has 0 saturated carbocycles. The largest absolute Gasteiger partial charge is 0.361 e. The maximum Gasteiger partial charge on any atom is 0.230 e. The maximum absolute atomic E-state index is 12.4. The molecule has 6 heteroatoms. The number of carbonyl (C=O) groups excluding carboxylic acids is 1. The summed E-state index contributed by atoms with van der Waals surface area (Å²) in [5.74, 6) is -0.0696. The third kappa shape index (κ3) is 3.50. The molecule has 0 spiro atoms. The van der Waals surface area contributed by atoms with Crippen LogP contribution in [0.25, 0.3) is 21.5 Å². The average Bonchev–Trinajstić information content (AvgIpc) is 3.24. The summed E-state index contributed by atoms with van der Waals surface area (Å²) in [5, 5.41) is 6.83. The SMILES string of the molecule is O=C(Cc1csc(-c2cccc(Br)c2)n1)Nc1cccc2[nH]ccc12. The molecular formula is C19H14BrN3OS. The molecule has 0 fully saturated rings. The predicted octanol–water partition coefficient (Wildman–Crippen LogP) is 5.24. The molecule has 0 aliphatic heterocycles. The minimum atomic E-state index is -0.0696. The fourth-order valence-electron chi connectivity index (χ4n) is 2.70. The summed E-state index contributed by atoms with van der Waals surface area (Å²) in [6, 6.07) is 15.8. The quantitative estimate of drug-likeness (QED) is 0.482. The molecular weight excluding hydrogens is 398 g/mol. The number of hydrogen-bond donors (Lipinski definition) is 2. The van der Waals surface area contributed by atoms with E-state index in [1.54, 1.807) is 11.3 Å². The summed E-state index contributed by atoms with van der Waals surface area (Å²) in [4.78, 5) is 20.1. The molecule has 4 rings (SSSR count). The number of thiazole rings is 1. The molecule has 0 aliphatic rings. The third-order valence-electron chi connectivity index (χ3n) is 3.83. The van der Waals surface area contributed by atoms with Crippen LogP contribution in [0, 0.1) is 0 Å². The van der Waals surface area contributed by atoms with E-state index in [0.29, 0.717) is 0 Å². The van der Waals surface area contributed by atoms with Gasteiger partial charge in [0.05, 0.1) is 17.8 Å². The van der Waals surface area contributed by atoms with Crippen LogP contribution in [0.5, 0.6) is 0 Å². The van der Waals surface area contributed by atoms with Crippen LogP contribution < -0.4 is 5.32 Å². The average molecular weight is 412 g/mol. The number of nitrogens with one attached hydrogen (secondary N) is 2. The molecule has 0 unspecified atom stereocenters. The van der Waals surface area contributed by atoms with Gasteiger partial charge in [-0.25, -0.2) is 4.98 Å². The number of nitrogens with zero attached hydrogens (tertiary/aromatic N) is 1. The van der Waals surface area contributed by atoms with Gasteiger partial charge in [-0.3, -0.25) is 4.79 Å². The highest BCUT2D eigenvalue weighted by molar-refractivity contribution is 9.10. The highest BCUT2D eigenvalue weighted by atomic mass is 79.9. The van der Waals surface area contributed by atoms with Crippen molar-refractivity contribution in [3.63, 3.8) is 0 Å². The smallest absolute Gasteiger partial charge is 0.230 e. The number of benzene rings is 2. The van der Waals surface area contributed by atoms with Crippen LogP contribution in [0.4, 0.5) is 5.69 Å². The van der Waals surface area contributed by atoms with Gasteiger partial charge in [0, 0.05) is 32.5 Å². The van der Waals surface area contributed by atoms with Gasteiger partial charge in [-0.1, -0.05) is 34.1 Å². The van der Waals surface area contributed by atoms with Crippen LogP contribution in [0.2, 0.25) is 0 Å². The normalized spacial score (nSPS) is 10.9. The Bertz CT molecular complexity index is 1050. The summed E-state index contributed by atoms with van der Waals surface area (Å²) in [6.45, 7) is 0. The Hall–Kier alpha value is -2.44. The number of aromatic amines is 1. The zero-order valence-corrected chi connectivity index (χ0v) is 15.5. The van der Waals surface area contributed by atoms with E-state index in [9.17, 15) is 4.79 Å². The van der Waals surface area contributed by atoms with Crippen molar-refractivity contribution in [1.82, 2.24) is 9.97 Å². The number of H-pyrrole nitrogens is 1. The molecule has 4 aromatic rings. The summed E-state index contributed by atoms with van der Waals surface area (Å²) in [6.07, 6.45) is 2.12. The second-order valence-electron chi connectivity index (χ2n) is 5.62. The number of hydrogen-bond acceptors (Lipinski definition) is 3. The number of carbonyl (C=O) groups is 1. The number of anilines is 1. The maximum atomic E-state index is 12.4. The minimum absolute atomic E-state index is 0.0696. The minimum Gasteiger partial charge on any atom is -0.361 e. The lowest BCUT2D eigenvalue weighted by Crippen LogP contribution is -2.14. The number of aromatic nitrogens is 2. The van der Waals surface area contributed by atoms with Crippen molar-refractivity contribution in [2.75, 3.05) is 5.32 Å². The highest BCUT2D eigenvalue weighted by Gasteiger charge is 2.11. The van der Waals surface area contributed by atoms with Crippen molar-refractivity contribution in [2.24, 2.45) is 0 Å². The molecule has 2 aromatic carbocycles. The first-order chi connectivity index (χ1) is 12.2. The van der Waals surface area contributed by atoms with E-state index in [2.05, 4.69) is 31.2 Å². The van der Waals surface area contributed by atoms with E-state index in [-0.39, 0.29) is 12.3 Å². The molecule has 0 radical (unpaired) electrons. The first-order valence-electron chi connectivity index (χ1n) is 7.75. The molecule has 25 heavy (non-hydrogen) atoms. The lowest BCUT2D eigenvalue weighted by molar-refractivity contribution is -0.115. The Morgan fingerprint density at radius 2 is 2.08 bits per heavy atom. The predicted molar refractivity (Wildman–Crippen MR) is 106 cm³/mol. The molecule has 0 saturated heterocycles. The molecule has 124 valence electrons. The molecule has 4 nitrogen and oxygen atoms in total. The molecule has 1 amide bonds. The highest BCUT2D eigenvalue weighted by Crippen LogP contribution is 2.27. The molecule has 2 N–H and O–H groups in total. The van der Waals surface area contributed by atoms with Crippen molar-refractivity contribution in [1.29, 1.82) is 0 Å². The van der Waals surface area contributed by atoms with Gasteiger partial charge in [0.2, 0.25) is 5.91 Å².